The zero-order valence-corrected chi connectivity index (χ0v) is 9.66. The fourth-order valence-electron chi connectivity index (χ4n) is 2.29. The maximum absolute atomic E-state index is 5.65. The van der Waals surface area contributed by atoms with E-state index in [0.717, 1.165) is 12.1 Å². The maximum atomic E-state index is 5.65. The van der Waals surface area contributed by atoms with Crippen molar-refractivity contribution in [3.05, 3.63) is 29.8 Å². The fraction of sp³-hybridized carbons (Fsp3) is 0.538. The summed E-state index contributed by atoms with van der Waals surface area (Å²) in [6.45, 7) is 8.30. The van der Waals surface area contributed by atoms with Gasteiger partial charge in [0, 0.05) is 25.3 Å². The van der Waals surface area contributed by atoms with Gasteiger partial charge >= 0.3 is 0 Å². The van der Waals surface area contributed by atoms with Crippen LogP contribution < -0.4 is 5.73 Å². The first-order chi connectivity index (χ1) is 7.05. The Morgan fingerprint density at radius 2 is 1.80 bits per heavy atom. The molecule has 1 aliphatic rings. The topological polar surface area (TPSA) is 29.3 Å². The van der Waals surface area contributed by atoms with Crippen molar-refractivity contribution in [3.8, 4) is 0 Å². The second-order valence-corrected chi connectivity index (χ2v) is 5.37. The van der Waals surface area contributed by atoms with Gasteiger partial charge in [-0.2, -0.15) is 0 Å². The first-order valence-corrected chi connectivity index (χ1v) is 5.62. The van der Waals surface area contributed by atoms with Gasteiger partial charge in [0.1, 0.15) is 0 Å². The van der Waals surface area contributed by atoms with Crippen LogP contribution in [0.3, 0.4) is 0 Å². The summed E-state index contributed by atoms with van der Waals surface area (Å²) in [4.78, 5) is 2.51. The Kier molecular flexibility index (Phi) is 2.70. The van der Waals surface area contributed by atoms with Crippen molar-refractivity contribution < 1.29 is 0 Å². The van der Waals surface area contributed by atoms with Gasteiger partial charge in [0.2, 0.25) is 0 Å². The molecule has 2 N–H and O–H groups in total. The second-order valence-electron chi connectivity index (χ2n) is 5.37. The molecule has 0 radical (unpaired) electrons. The largest absolute Gasteiger partial charge is 0.399 e. The van der Waals surface area contributed by atoms with Crippen molar-refractivity contribution in [1.82, 2.24) is 4.90 Å². The molecule has 2 heteroatoms. The van der Waals surface area contributed by atoms with Gasteiger partial charge in [-0.25, -0.2) is 0 Å². The normalized spacial score (nSPS) is 19.9. The molecule has 82 valence electrons. The molecule has 15 heavy (non-hydrogen) atoms. The Morgan fingerprint density at radius 3 is 2.33 bits per heavy atom. The number of hydrogen-bond acceptors (Lipinski definition) is 2. The fourth-order valence-corrected chi connectivity index (χ4v) is 2.29. The van der Waals surface area contributed by atoms with E-state index in [-0.39, 0.29) is 0 Å². The highest BCUT2D eigenvalue weighted by molar-refractivity contribution is 5.39. The van der Waals surface area contributed by atoms with Crippen LogP contribution in [0.2, 0.25) is 0 Å². The quantitative estimate of drug-likeness (QED) is 0.764. The number of nitrogen functional groups attached to an aromatic ring is 1. The van der Waals surface area contributed by atoms with E-state index in [2.05, 4.69) is 30.9 Å². The Labute approximate surface area is 92.1 Å². The van der Waals surface area contributed by atoms with E-state index in [1.165, 1.54) is 25.2 Å². The summed E-state index contributed by atoms with van der Waals surface area (Å²) in [6.07, 6.45) is 1.14. The smallest absolute Gasteiger partial charge is 0.0314 e. The second kappa shape index (κ2) is 3.86. The van der Waals surface area contributed by atoms with Crippen molar-refractivity contribution in [1.29, 1.82) is 0 Å². The number of nitrogens with zero attached hydrogens (tertiary/aromatic N) is 1. The molecule has 0 bridgehead atoms. The predicted octanol–water partition coefficient (Wildman–Crippen LogP) is 2.15. The number of anilines is 1. The number of likely N-dealkylation sites (tertiary alicyclic amines) is 1. The number of hydrogen-bond donors (Lipinski definition) is 1. The van der Waals surface area contributed by atoms with Crippen LogP contribution in [0.5, 0.6) is 0 Å². The monoisotopic (exact) mass is 204 g/mol. The average molecular weight is 204 g/mol. The molecular weight excluding hydrogens is 184 g/mol. The van der Waals surface area contributed by atoms with Crippen molar-refractivity contribution in [2.24, 2.45) is 5.41 Å². The van der Waals surface area contributed by atoms with Crippen LogP contribution in [-0.2, 0) is 6.42 Å². The highest BCUT2D eigenvalue weighted by atomic mass is 15.2. The maximum Gasteiger partial charge on any atom is 0.0314 e. The lowest BCUT2D eigenvalue weighted by Gasteiger charge is -2.46. The van der Waals surface area contributed by atoms with Gasteiger partial charge in [0.15, 0.2) is 0 Å². The molecule has 1 aromatic carbocycles. The van der Waals surface area contributed by atoms with E-state index < -0.39 is 0 Å². The van der Waals surface area contributed by atoms with E-state index in [1.807, 2.05) is 12.1 Å². The summed E-state index contributed by atoms with van der Waals surface area (Å²) >= 11 is 0. The minimum Gasteiger partial charge on any atom is -0.399 e. The lowest BCUT2D eigenvalue weighted by molar-refractivity contribution is 0.0325. The van der Waals surface area contributed by atoms with Crippen molar-refractivity contribution in [2.45, 2.75) is 20.3 Å². The molecule has 1 saturated heterocycles. The van der Waals surface area contributed by atoms with Crippen LogP contribution in [0, 0.1) is 5.41 Å². The SMILES string of the molecule is CC1(C)CN(CCc2ccc(N)cc2)C1. The van der Waals surface area contributed by atoms with Gasteiger partial charge in [-0.05, 0) is 29.5 Å². The van der Waals surface area contributed by atoms with Gasteiger partial charge in [-0.1, -0.05) is 26.0 Å². The molecule has 2 rings (SSSR count). The Morgan fingerprint density at radius 1 is 1.20 bits per heavy atom. The van der Waals surface area contributed by atoms with Gasteiger partial charge in [0.05, 0.1) is 0 Å². The van der Waals surface area contributed by atoms with Crippen LogP contribution in [0.1, 0.15) is 19.4 Å². The van der Waals surface area contributed by atoms with Crippen molar-refractivity contribution in [3.63, 3.8) is 0 Å². The van der Waals surface area contributed by atoms with E-state index >= 15 is 0 Å². The summed E-state index contributed by atoms with van der Waals surface area (Å²) in [5.41, 5.74) is 8.42. The molecule has 1 aromatic rings. The molecule has 0 spiro atoms. The molecule has 0 amide bonds. The molecule has 2 nitrogen and oxygen atoms in total. The van der Waals surface area contributed by atoms with Gasteiger partial charge in [0.25, 0.3) is 0 Å². The summed E-state index contributed by atoms with van der Waals surface area (Å²) in [5, 5.41) is 0. The van der Waals surface area contributed by atoms with Crippen LogP contribution in [0.15, 0.2) is 24.3 Å². The lowest BCUT2D eigenvalue weighted by atomic mass is 9.84. The molecule has 0 saturated carbocycles. The summed E-state index contributed by atoms with van der Waals surface area (Å²) in [5.74, 6) is 0. The van der Waals surface area contributed by atoms with Gasteiger partial charge in [-0.15, -0.1) is 0 Å². The zero-order chi connectivity index (χ0) is 10.9. The highest BCUT2D eigenvalue weighted by Crippen LogP contribution is 2.28. The van der Waals surface area contributed by atoms with E-state index in [9.17, 15) is 0 Å². The number of rotatable bonds is 3. The first-order valence-electron chi connectivity index (χ1n) is 5.62. The minimum absolute atomic E-state index is 0.543. The first kappa shape index (κ1) is 10.5. The highest BCUT2D eigenvalue weighted by Gasteiger charge is 2.33. The Balaban J connectivity index is 1.77. The average Bonchev–Trinajstić information content (AvgIpc) is 2.14. The van der Waals surface area contributed by atoms with Crippen LogP contribution >= 0.6 is 0 Å². The minimum atomic E-state index is 0.543. The van der Waals surface area contributed by atoms with E-state index in [0.29, 0.717) is 5.41 Å². The number of benzene rings is 1. The standard InChI is InChI=1S/C13H20N2/c1-13(2)9-15(10-13)8-7-11-3-5-12(14)6-4-11/h3-6H,7-10,14H2,1-2H3. The van der Waals surface area contributed by atoms with Crippen molar-refractivity contribution >= 4 is 5.69 Å². The zero-order valence-electron chi connectivity index (χ0n) is 9.66. The Bertz CT molecular complexity index is 319. The molecular formula is C13H20N2. The molecule has 1 heterocycles. The number of nitrogens with two attached hydrogens (primary N) is 1. The summed E-state index contributed by atoms with van der Waals surface area (Å²) in [6, 6.07) is 8.21. The van der Waals surface area contributed by atoms with Gasteiger partial charge in [-0.3, -0.25) is 0 Å². The lowest BCUT2D eigenvalue weighted by Crippen LogP contribution is -2.53. The van der Waals surface area contributed by atoms with E-state index in [1.54, 1.807) is 0 Å². The molecule has 0 atom stereocenters. The molecule has 0 aliphatic carbocycles. The van der Waals surface area contributed by atoms with Crippen LogP contribution in [0.4, 0.5) is 5.69 Å². The van der Waals surface area contributed by atoms with Crippen molar-refractivity contribution in [2.75, 3.05) is 25.4 Å². The summed E-state index contributed by atoms with van der Waals surface area (Å²) < 4.78 is 0. The Hall–Kier alpha value is -1.02. The summed E-state index contributed by atoms with van der Waals surface area (Å²) in [7, 11) is 0. The van der Waals surface area contributed by atoms with Crippen LogP contribution in [-0.4, -0.2) is 24.5 Å². The third kappa shape index (κ3) is 2.72. The van der Waals surface area contributed by atoms with Crippen LogP contribution in [0.25, 0.3) is 0 Å². The predicted molar refractivity (Wildman–Crippen MR) is 64.8 cm³/mol. The van der Waals surface area contributed by atoms with E-state index in [4.69, 9.17) is 5.73 Å². The molecule has 1 fully saturated rings. The van der Waals surface area contributed by atoms with Gasteiger partial charge < -0.3 is 10.6 Å². The molecule has 0 unspecified atom stereocenters. The third-order valence-electron chi connectivity index (χ3n) is 3.00. The molecule has 0 aromatic heterocycles. The third-order valence-corrected chi connectivity index (χ3v) is 3.00. The molecule has 1 aliphatic heterocycles.